The SMILES string of the molecule is CC.CC.CC1=Nc2c(C)c3c(c(C)c2C1)CC(C)=N3.CC1=Nc2c(C)c3c(c(C)c2C1)N=C(C)C3.CC1=Nc2c(C)ccc(C)c2C1.Cc1ccc(C)c2c1CN(C)C2. The number of hydrogen-bond acceptors (Lipinski definition) is 6. The van der Waals surface area contributed by atoms with E-state index in [2.05, 4.69) is 151 Å². The van der Waals surface area contributed by atoms with E-state index < -0.39 is 0 Å². The first-order valence-electron chi connectivity index (χ1n) is 22.4. The minimum Gasteiger partial charge on any atom is -0.298 e. The number of hydrogen-bond donors (Lipinski definition) is 0. The highest BCUT2D eigenvalue weighted by atomic mass is 15.1. The van der Waals surface area contributed by atoms with E-state index in [1.54, 1.807) is 11.1 Å². The third-order valence-electron chi connectivity index (χ3n) is 12.5. The number of benzene rings is 4. The summed E-state index contributed by atoms with van der Waals surface area (Å²) in [6, 6.07) is 8.79. The van der Waals surface area contributed by atoms with Gasteiger partial charge < -0.3 is 0 Å². The molecular formula is C54H72N6. The van der Waals surface area contributed by atoms with Gasteiger partial charge in [0, 0.05) is 79.3 Å². The lowest BCUT2D eigenvalue weighted by molar-refractivity contribution is 0.352. The van der Waals surface area contributed by atoms with Crippen LogP contribution < -0.4 is 0 Å². The fraction of sp³-hybridized carbons (Fsp3) is 0.463. The van der Waals surface area contributed by atoms with E-state index in [1.807, 2.05) is 27.7 Å². The lowest BCUT2D eigenvalue weighted by Crippen LogP contribution is -2.07. The zero-order valence-corrected chi connectivity index (χ0v) is 40.4. The topological polar surface area (TPSA) is 65.0 Å². The lowest BCUT2D eigenvalue weighted by atomic mass is 9.93. The predicted molar refractivity (Wildman–Crippen MR) is 264 cm³/mol. The van der Waals surface area contributed by atoms with E-state index in [-0.39, 0.29) is 0 Å². The second-order valence-corrected chi connectivity index (χ2v) is 17.3. The van der Waals surface area contributed by atoms with Gasteiger partial charge in [-0.3, -0.25) is 29.9 Å². The average Bonchev–Trinajstić information content (AvgIpc) is 4.09. The van der Waals surface area contributed by atoms with E-state index in [4.69, 9.17) is 0 Å². The quantitative estimate of drug-likeness (QED) is 0.175. The van der Waals surface area contributed by atoms with E-state index in [9.17, 15) is 0 Å². The maximum absolute atomic E-state index is 4.68. The Morgan fingerprint density at radius 2 is 0.583 bits per heavy atom. The highest BCUT2D eigenvalue weighted by Crippen LogP contribution is 2.45. The summed E-state index contributed by atoms with van der Waals surface area (Å²) in [7, 11) is 2.18. The Labute approximate surface area is 363 Å². The third-order valence-corrected chi connectivity index (χ3v) is 12.5. The van der Waals surface area contributed by atoms with Crippen LogP contribution in [0.15, 0.2) is 49.2 Å². The molecule has 6 aliphatic rings. The minimum absolute atomic E-state index is 1.00. The highest BCUT2D eigenvalue weighted by Gasteiger charge is 2.27. The molecule has 6 heteroatoms. The second kappa shape index (κ2) is 19.3. The van der Waals surface area contributed by atoms with Crippen LogP contribution in [0.5, 0.6) is 0 Å². The molecule has 0 saturated carbocycles. The minimum atomic E-state index is 1.00. The van der Waals surface area contributed by atoms with E-state index >= 15 is 0 Å². The van der Waals surface area contributed by atoms with Crippen LogP contribution in [0.3, 0.4) is 0 Å². The molecule has 0 atom stereocenters. The van der Waals surface area contributed by atoms with Gasteiger partial charge >= 0.3 is 0 Å². The molecule has 0 saturated heterocycles. The summed E-state index contributed by atoms with van der Waals surface area (Å²) in [5, 5.41) is 0. The van der Waals surface area contributed by atoms with Crippen LogP contribution in [0.4, 0.5) is 28.4 Å². The smallest absolute Gasteiger partial charge is 0.0718 e. The molecule has 0 bridgehead atoms. The van der Waals surface area contributed by atoms with Crippen LogP contribution in [0, 0.1) is 55.4 Å². The Bertz CT molecular complexity index is 2340. The molecule has 4 aromatic carbocycles. The molecule has 0 aliphatic carbocycles. The Balaban J connectivity index is 0.000000149. The first kappa shape index (κ1) is 46.3. The van der Waals surface area contributed by atoms with Gasteiger partial charge in [0.1, 0.15) is 0 Å². The number of rotatable bonds is 0. The molecule has 60 heavy (non-hydrogen) atoms. The van der Waals surface area contributed by atoms with Crippen LogP contribution in [0.25, 0.3) is 0 Å². The summed E-state index contributed by atoms with van der Waals surface area (Å²) in [5.74, 6) is 0. The summed E-state index contributed by atoms with van der Waals surface area (Å²) >= 11 is 0. The van der Waals surface area contributed by atoms with Gasteiger partial charge in [0.25, 0.3) is 0 Å². The van der Waals surface area contributed by atoms with Gasteiger partial charge in [-0.1, -0.05) is 52.0 Å². The van der Waals surface area contributed by atoms with Crippen LogP contribution >= 0.6 is 0 Å². The molecule has 4 aromatic rings. The zero-order valence-electron chi connectivity index (χ0n) is 40.4. The Hall–Kier alpha value is -4.81. The van der Waals surface area contributed by atoms with Crippen molar-refractivity contribution in [1.29, 1.82) is 0 Å². The molecule has 6 nitrogen and oxygen atoms in total. The zero-order chi connectivity index (χ0) is 44.3. The molecule has 0 unspecified atom stereocenters. The van der Waals surface area contributed by atoms with Crippen molar-refractivity contribution < 1.29 is 0 Å². The largest absolute Gasteiger partial charge is 0.298 e. The maximum atomic E-state index is 4.68. The molecule has 318 valence electrons. The summed E-state index contributed by atoms with van der Waals surface area (Å²) in [4.78, 5) is 25.6. The van der Waals surface area contributed by atoms with Crippen molar-refractivity contribution in [3.63, 3.8) is 0 Å². The summed E-state index contributed by atoms with van der Waals surface area (Å²) in [5.41, 5.74) is 33.3. The first-order valence-corrected chi connectivity index (χ1v) is 22.4. The molecule has 0 spiro atoms. The fourth-order valence-corrected chi connectivity index (χ4v) is 9.29. The predicted octanol–water partition coefficient (Wildman–Crippen LogP) is 14.5. The summed E-state index contributed by atoms with van der Waals surface area (Å²) < 4.78 is 0. The highest BCUT2D eigenvalue weighted by molar-refractivity contribution is 6.00. The molecule has 6 aliphatic heterocycles. The van der Waals surface area contributed by atoms with Gasteiger partial charge in [-0.15, -0.1) is 0 Å². The van der Waals surface area contributed by atoms with E-state index in [1.165, 1.54) is 129 Å². The summed E-state index contributed by atoms with van der Waals surface area (Å²) in [6.07, 6.45) is 5.10. The standard InChI is InChI=1S/2C14H16N2.C11H15N.C11H13N.2C2H6/c1-7-5-11-9(3)14-12(6-8(2)16-14)10(4)13(11)15-7;1-7-5-11-9(3)12-6-8(2)16-14(12)10(4)13(11)15-7;1-8-4-5-9(2)11-7-12(3)6-10(8)11;1-7-4-5-8(2)11-10(7)6-9(3)12-11;2*1-2/h2*5-6H2,1-4H3;4-5H,6-7H2,1-3H3;4-5H,6H2,1-3H3;2*1-2H3. The molecule has 0 radical (unpaired) electrons. The normalized spacial score (nSPS) is 15.5. The second-order valence-electron chi connectivity index (χ2n) is 17.3. The molecule has 0 aromatic heterocycles. The van der Waals surface area contributed by atoms with Crippen molar-refractivity contribution in [1.82, 2.24) is 4.90 Å². The monoisotopic (exact) mass is 805 g/mol. The number of aryl methyl sites for hydroxylation is 4. The molecule has 0 fully saturated rings. The van der Waals surface area contributed by atoms with Crippen molar-refractivity contribution in [2.75, 3.05) is 7.05 Å². The van der Waals surface area contributed by atoms with Crippen molar-refractivity contribution in [2.24, 2.45) is 25.0 Å². The lowest BCUT2D eigenvalue weighted by Gasteiger charge is -2.12. The molecular weight excluding hydrogens is 733 g/mol. The van der Waals surface area contributed by atoms with Crippen molar-refractivity contribution in [3.05, 3.63) is 108 Å². The van der Waals surface area contributed by atoms with Gasteiger partial charge in [0.2, 0.25) is 0 Å². The molecule has 0 N–H and O–H groups in total. The number of fused-ring (bicyclic) bond motifs is 6. The van der Waals surface area contributed by atoms with Crippen molar-refractivity contribution in [2.45, 2.75) is 163 Å². The summed E-state index contributed by atoms with van der Waals surface area (Å²) in [6.45, 7) is 38.2. The van der Waals surface area contributed by atoms with Gasteiger partial charge in [0.15, 0.2) is 0 Å². The molecule has 6 heterocycles. The Morgan fingerprint density at radius 1 is 0.317 bits per heavy atom. The molecule has 0 amide bonds. The van der Waals surface area contributed by atoms with Gasteiger partial charge in [-0.25, -0.2) is 0 Å². The van der Waals surface area contributed by atoms with Crippen molar-refractivity contribution in [3.8, 4) is 0 Å². The van der Waals surface area contributed by atoms with E-state index in [0.717, 1.165) is 45.2 Å². The third kappa shape index (κ3) is 9.24. The first-order chi connectivity index (χ1) is 28.5. The number of nitrogens with zero attached hydrogens (tertiary/aromatic N) is 6. The average molecular weight is 805 g/mol. The maximum Gasteiger partial charge on any atom is 0.0718 e. The Morgan fingerprint density at radius 3 is 0.933 bits per heavy atom. The molecule has 10 rings (SSSR count). The van der Waals surface area contributed by atoms with Crippen LogP contribution in [-0.4, -0.2) is 40.5 Å². The van der Waals surface area contributed by atoms with Gasteiger partial charge in [0.05, 0.1) is 28.4 Å². The van der Waals surface area contributed by atoms with Crippen LogP contribution in [0.2, 0.25) is 0 Å². The fourth-order valence-electron chi connectivity index (χ4n) is 9.29. The number of aliphatic imine (C=N–C) groups is 5. The van der Waals surface area contributed by atoms with Crippen molar-refractivity contribution >= 4 is 57.0 Å². The van der Waals surface area contributed by atoms with Gasteiger partial charge in [-0.2, -0.15) is 0 Å². The van der Waals surface area contributed by atoms with Gasteiger partial charge in [-0.05, 0) is 175 Å². The Kier molecular flexibility index (Phi) is 14.9. The van der Waals surface area contributed by atoms with Crippen LogP contribution in [0.1, 0.15) is 146 Å². The van der Waals surface area contributed by atoms with Crippen LogP contribution in [-0.2, 0) is 45.2 Å². The van der Waals surface area contributed by atoms with E-state index in [0.29, 0.717) is 0 Å².